The molecule has 0 amide bonds. The maximum atomic E-state index is 5.96. The fraction of sp³-hybridized carbons (Fsp3) is 0.471. The summed E-state index contributed by atoms with van der Waals surface area (Å²) in [6, 6.07) is 6.65. The molecule has 0 aromatic carbocycles. The van der Waals surface area contributed by atoms with E-state index >= 15 is 0 Å². The van der Waals surface area contributed by atoms with Crippen LogP contribution in [0.5, 0.6) is 0 Å². The molecule has 0 radical (unpaired) electrons. The van der Waals surface area contributed by atoms with Crippen molar-refractivity contribution in [3.8, 4) is 0 Å². The summed E-state index contributed by atoms with van der Waals surface area (Å²) >= 11 is 1.49. The molecule has 0 N–H and O–H groups in total. The maximum Gasteiger partial charge on any atom is 0.198 e. The predicted octanol–water partition coefficient (Wildman–Crippen LogP) is 2.82. The molecule has 0 spiro atoms. The Balaban J connectivity index is 1.37. The zero-order valence-electron chi connectivity index (χ0n) is 14.7. The molecule has 1 aliphatic rings. The van der Waals surface area contributed by atoms with Gasteiger partial charge in [0, 0.05) is 25.8 Å². The van der Waals surface area contributed by atoms with Crippen molar-refractivity contribution in [2.24, 2.45) is 7.05 Å². The van der Waals surface area contributed by atoms with Gasteiger partial charge in [-0.1, -0.05) is 0 Å². The van der Waals surface area contributed by atoms with E-state index in [0.717, 1.165) is 47.8 Å². The van der Waals surface area contributed by atoms with Gasteiger partial charge in [-0.25, -0.2) is 0 Å². The third kappa shape index (κ3) is 3.50. The highest BCUT2D eigenvalue weighted by Gasteiger charge is 2.26. The van der Waals surface area contributed by atoms with Crippen molar-refractivity contribution >= 4 is 11.8 Å². The first-order chi connectivity index (χ1) is 12.1. The number of likely N-dealkylation sites (tertiary alicyclic amines) is 1. The van der Waals surface area contributed by atoms with Crippen LogP contribution in [0.25, 0.3) is 0 Å². The molecule has 0 bridgehead atoms. The van der Waals surface area contributed by atoms with Crippen molar-refractivity contribution in [3.05, 3.63) is 41.7 Å². The fourth-order valence-corrected chi connectivity index (χ4v) is 4.09. The Morgan fingerprint density at radius 1 is 1.32 bits per heavy atom. The largest absolute Gasteiger partial charge is 0.453 e. The molecular weight excluding hydrogens is 336 g/mol. The van der Waals surface area contributed by atoms with Gasteiger partial charge in [-0.05, 0) is 50.2 Å². The first kappa shape index (κ1) is 16.4. The Hall–Kier alpha value is -2.06. The average molecular weight is 358 g/mol. The van der Waals surface area contributed by atoms with Crippen molar-refractivity contribution in [2.45, 2.75) is 43.1 Å². The van der Waals surface area contributed by atoms with Crippen LogP contribution < -0.4 is 0 Å². The van der Waals surface area contributed by atoms with Gasteiger partial charge in [0.2, 0.25) is 0 Å². The van der Waals surface area contributed by atoms with Crippen molar-refractivity contribution in [1.29, 1.82) is 0 Å². The molecule has 1 aliphatic heterocycles. The van der Waals surface area contributed by atoms with Gasteiger partial charge < -0.3 is 8.98 Å². The van der Waals surface area contributed by atoms with E-state index < -0.39 is 0 Å². The van der Waals surface area contributed by atoms with E-state index in [1.54, 1.807) is 6.33 Å². The van der Waals surface area contributed by atoms with Crippen LogP contribution in [0.15, 0.2) is 39.2 Å². The number of aromatic nitrogens is 5. The van der Waals surface area contributed by atoms with E-state index in [0.29, 0.717) is 6.04 Å². The van der Waals surface area contributed by atoms with Crippen LogP contribution in [-0.2, 0) is 13.6 Å². The number of furan rings is 1. The van der Waals surface area contributed by atoms with E-state index in [1.165, 1.54) is 17.5 Å². The molecule has 7 nitrogen and oxygen atoms in total. The molecule has 25 heavy (non-hydrogen) atoms. The van der Waals surface area contributed by atoms with Crippen molar-refractivity contribution in [3.63, 3.8) is 0 Å². The highest BCUT2D eigenvalue weighted by molar-refractivity contribution is 7.99. The normalized spacial score (nSPS) is 18.3. The zero-order valence-corrected chi connectivity index (χ0v) is 15.5. The standard InChI is InChI=1S/C17H22N6OS/c1-12-8-13(2)23(20-12)14-6-7-22(9-14)10-15-4-5-16(24-15)25-17-19-18-11-21(17)3/h4-5,8,11,14H,6-7,9-10H2,1-3H3/t14-/m0/s1. The van der Waals surface area contributed by atoms with Crippen molar-refractivity contribution in [2.75, 3.05) is 13.1 Å². The molecule has 132 valence electrons. The molecule has 8 heteroatoms. The van der Waals surface area contributed by atoms with E-state index in [2.05, 4.69) is 50.9 Å². The van der Waals surface area contributed by atoms with E-state index in [-0.39, 0.29) is 0 Å². The van der Waals surface area contributed by atoms with Gasteiger partial charge in [0.05, 0.1) is 18.3 Å². The van der Waals surface area contributed by atoms with Crippen LogP contribution in [0.2, 0.25) is 0 Å². The molecule has 1 atom stereocenters. The third-order valence-corrected chi connectivity index (χ3v) is 5.49. The van der Waals surface area contributed by atoms with Gasteiger partial charge in [0.25, 0.3) is 0 Å². The van der Waals surface area contributed by atoms with Crippen LogP contribution in [0.3, 0.4) is 0 Å². The molecule has 4 rings (SSSR count). The van der Waals surface area contributed by atoms with Gasteiger partial charge >= 0.3 is 0 Å². The molecule has 0 unspecified atom stereocenters. The van der Waals surface area contributed by atoms with Crippen molar-refractivity contribution in [1.82, 2.24) is 29.4 Å². The Morgan fingerprint density at radius 3 is 2.92 bits per heavy atom. The molecule has 4 heterocycles. The molecule has 3 aromatic rings. The Morgan fingerprint density at radius 2 is 2.20 bits per heavy atom. The van der Waals surface area contributed by atoms with E-state index in [4.69, 9.17) is 4.42 Å². The minimum Gasteiger partial charge on any atom is -0.453 e. The average Bonchev–Trinajstić information content (AvgIpc) is 3.32. The highest BCUT2D eigenvalue weighted by Crippen LogP contribution is 2.29. The lowest BCUT2D eigenvalue weighted by Gasteiger charge is -2.15. The van der Waals surface area contributed by atoms with Crippen molar-refractivity contribution < 1.29 is 4.42 Å². The molecule has 0 aliphatic carbocycles. The second-order valence-corrected chi connectivity index (χ2v) is 7.57. The van der Waals surface area contributed by atoms with Crippen LogP contribution in [0, 0.1) is 13.8 Å². The van der Waals surface area contributed by atoms with E-state index in [1.807, 2.05) is 17.7 Å². The fourth-order valence-electron chi connectivity index (χ4n) is 3.34. The minimum atomic E-state index is 0.455. The third-order valence-electron chi connectivity index (χ3n) is 4.52. The zero-order chi connectivity index (χ0) is 17.4. The maximum absolute atomic E-state index is 5.96. The van der Waals surface area contributed by atoms with E-state index in [9.17, 15) is 0 Å². The second-order valence-electron chi connectivity index (χ2n) is 6.60. The topological polar surface area (TPSA) is 64.9 Å². The van der Waals surface area contributed by atoms with Gasteiger partial charge in [-0.3, -0.25) is 9.58 Å². The predicted molar refractivity (Wildman–Crippen MR) is 94.5 cm³/mol. The lowest BCUT2D eigenvalue weighted by molar-refractivity contribution is 0.273. The molecule has 3 aromatic heterocycles. The molecule has 1 fully saturated rings. The lowest BCUT2D eigenvalue weighted by Crippen LogP contribution is -2.21. The molecule has 1 saturated heterocycles. The number of hydrogen-bond acceptors (Lipinski definition) is 6. The minimum absolute atomic E-state index is 0.455. The first-order valence-corrected chi connectivity index (χ1v) is 9.26. The molecular formula is C17H22N6OS. The summed E-state index contributed by atoms with van der Waals surface area (Å²) < 4.78 is 10.0. The number of aryl methyl sites for hydroxylation is 3. The summed E-state index contributed by atoms with van der Waals surface area (Å²) in [4.78, 5) is 2.43. The van der Waals surface area contributed by atoms with Crippen LogP contribution >= 0.6 is 11.8 Å². The second kappa shape index (κ2) is 6.68. The summed E-state index contributed by atoms with van der Waals surface area (Å²) in [5, 5.41) is 14.3. The summed E-state index contributed by atoms with van der Waals surface area (Å²) in [6.45, 7) is 7.08. The molecule has 0 saturated carbocycles. The Labute approximate surface area is 151 Å². The SMILES string of the molecule is Cc1cc(C)n([C@H]2CCN(Cc3ccc(Sc4nncn4C)o3)C2)n1. The van der Waals surface area contributed by atoms with Crippen LogP contribution in [-0.4, -0.2) is 42.5 Å². The Kier molecular flexibility index (Phi) is 4.39. The summed E-state index contributed by atoms with van der Waals surface area (Å²) in [6.07, 6.45) is 2.82. The van der Waals surface area contributed by atoms with Gasteiger partial charge in [0.15, 0.2) is 10.2 Å². The van der Waals surface area contributed by atoms with Gasteiger partial charge in [0.1, 0.15) is 12.1 Å². The summed E-state index contributed by atoms with van der Waals surface area (Å²) in [7, 11) is 1.93. The highest BCUT2D eigenvalue weighted by atomic mass is 32.2. The number of nitrogens with zero attached hydrogens (tertiary/aromatic N) is 6. The quantitative estimate of drug-likeness (QED) is 0.699. The Bertz CT molecular complexity index is 866. The monoisotopic (exact) mass is 358 g/mol. The summed E-state index contributed by atoms with van der Waals surface area (Å²) in [5.74, 6) is 0.985. The smallest absolute Gasteiger partial charge is 0.198 e. The van der Waals surface area contributed by atoms with Crippen LogP contribution in [0.1, 0.15) is 29.6 Å². The van der Waals surface area contributed by atoms with Gasteiger partial charge in [-0.2, -0.15) is 5.10 Å². The van der Waals surface area contributed by atoms with Gasteiger partial charge in [-0.15, -0.1) is 10.2 Å². The number of hydrogen-bond donors (Lipinski definition) is 0. The first-order valence-electron chi connectivity index (χ1n) is 8.44. The lowest BCUT2D eigenvalue weighted by atomic mass is 10.2. The summed E-state index contributed by atoms with van der Waals surface area (Å²) in [5.41, 5.74) is 2.33. The van der Waals surface area contributed by atoms with Crippen LogP contribution in [0.4, 0.5) is 0 Å². The number of rotatable bonds is 5.